The van der Waals surface area contributed by atoms with Gasteiger partial charge in [0, 0.05) is 13.2 Å². The molecule has 1 saturated heterocycles. The first-order valence-corrected chi connectivity index (χ1v) is 6.62. The average molecular weight is 236 g/mol. The summed E-state index contributed by atoms with van der Waals surface area (Å²) >= 11 is 0. The zero-order chi connectivity index (χ0) is 12.3. The second kappa shape index (κ2) is 5.65. The molecule has 1 aromatic rings. The topological polar surface area (TPSA) is 33.1 Å². The summed E-state index contributed by atoms with van der Waals surface area (Å²) in [6.07, 6.45) is 6.45. The van der Waals surface area contributed by atoms with Gasteiger partial charge < -0.3 is 9.88 Å². The van der Waals surface area contributed by atoms with Crippen LogP contribution in [0.4, 0.5) is 0 Å². The number of aromatic nitrogens is 2. The van der Waals surface area contributed by atoms with E-state index in [1.54, 1.807) is 0 Å². The van der Waals surface area contributed by atoms with Crippen molar-refractivity contribution in [3.05, 3.63) is 18.2 Å². The number of aryl methyl sites for hydroxylation is 1. The highest BCUT2D eigenvalue weighted by Crippen LogP contribution is 2.36. The molecule has 4 nitrogen and oxygen atoms in total. The second-order valence-corrected chi connectivity index (χ2v) is 5.02. The van der Waals surface area contributed by atoms with Crippen molar-refractivity contribution >= 4 is 0 Å². The molecule has 2 heterocycles. The number of likely N-dealkylation sites (tertiary alicyclic amines) is 1. The summed E-state index contributed by atoms with van der Waals surface area (Å²) in [5, 5.41) is 3.33. The molecule has 0 bridgehead atoms. The number of nitrogens with one attached hydrogen (secondary N) is 1. The third kappa shape index (κ3) is 2.53. The molecule has 1 fully saturated rings. The fraction of sp³-hybridized carbons (Fsp3) is 0.769. The Morgan fingerprint density at radius 1 is 1.53 bits per heavy atom. The van der Waals surface area contributed by atoms with Crippen LogP contribution < -0.4 is 5.32 Å². The maximum atomic E-state index is 4.27. The van der Waals surface area contributed by atoms with Crippen molar-refractivity contribution in [2.75, 3.05) is 26.7 Å². The highest BCUT2D eigenvalue weighted by atomic mass is 15.2. The number of rotatable bonds is 5. The van der Waals surface area contributed by atoms with Gasteiger partial charge in [-0.05, 0) is 45.4 Å². The Bertz CT molecular complexity index is 333. The van der Waals surface area contributed by atoms with Crippen LogP contribution in [0.2, 0.25) is 0 Å². The predicted octanol–water partition coefficient (Wildman–Crippen LogP) is 1.41. The van der Waals surface area contributed by atoms with E-state index < -0.39 is 0 Å². The molecule has 1 aromatic heterocycles. The average Bonchev–Trinajstić information content (AvgIpc) is 2.87. The minimum Gasteiger partial charge on any atom is -0.336 e. The summed E-state index contributed by atoms with van der Waals surface area (Å²) in [6.45, 7) is 5.76. The van der Waals surface area contributed by atoms with Gasteiger partial charge in [-0.25, -0.2) is 4.98 Å². The molecular weight excluding hydrogens is 212 g/mol. The molecule has 1 N–H and O–H groups in total. The van der Waals surface area contributed by atoms with Crippen molar-refractivity contribution in [2.45, 2.75) is 25.8 Å². The van der Waals surface area contributed by atoms with Crippen molar-refractivity contribution in [1.29, 1.82) is 0 Å². The molecule has 2 unspecified atom stereocenters. The van der Waals surface area contributed by atoms with Crippen LogP contribution in [0.3, 0.4) is 0 Å². The molecule has 0 radical (unpaired) electrons. The number of imidazole rings is 1. The van der Waals surface area contributed by atoms with Gasteiger partial charge in [0.05, 0.1) is 18.1 Å². The largest absolute Gasteiger partial charge is 0.336 e. The fourth-order valence-corrected chi connectivity index (χ4v) is 3.02. The normalized spacial score (nSPS) is 25.6. The molecule has 0 amide bonds. The van der Waals surface area contributed by atoms with Gasteiger partial charge in [-0.15, -0.1) is 0 Å². The first kappa shape index (κ1) is 12.6. The maximum Gasteiger partial charge on any atom is 0.0946 e. The summed E-state index contributed by atoms with van der Waals surface area (Å²) in [7, 11) is 4.14. The van der Waals surface area contributed by atoms with E-state index >= 15 is 0 Å². The summed E-state index contributed by atoms with van der Waals surface area (Å²) in [5.41, 5.74) is 1.36. The summed E-state index contributed by atoms with van der Waals surface area (Å²) in [5.74, 6) is 0.710. The van der Waals surface area contributed by atoms with Crippen LogP contribution in [0.25, 0.3) is 0 Å². The minimum absolute atomic E-state index is 0.537. The maximum absolute atomic E-state index is 4.27. The van der Waals surface area contributed by atoms with E-state index in [1.165, 1.54) is 31.6 Å². The lowest BCUT2D eigenvalue weighted by molar-refractivity contribution is 0.219. The Labute approximate surface area is 104 Å². The van der Waals surface area contributed by atoms with E-state index in [1.807, 2.05) is 19.6 Å². The first-order chi connectivity index (χ1) is 8.27. The van der Waals surface area contributed by atoms with Gasteiger partial charge in [0.2, 0.25) is 0 Å². The van der Waals surface area contributed by atoms with Crippen molar-refractivity contribution < 1.29 is 0 Å². The van der Waals surface area contributed by atoms with Gasteiger partial charge in [-0.2, -0.15) is 0 Å². The molecular formula is C13H24N4. The number of nitrogens with zero attached hydrogens (tertiary/aromatic N) is 3. The van der Waals surface area contributed by atoms with Crippen LogP contribution in [0.1, 0.15) is 31.5 Å². The quantitative estimate of drug-likeness (QED) is 0.839. The highest BCUT2D eigenvalue weighted by Gasteiger charge is 2.35. The van der Waals surface area contributed by atoms with Gasteiger partial charge in [-0.1, -0.05) is 6.92 Å². The van der Waals surface area contributed by atoms with Gasteiger partial charge in [-0.3, -0.25) is 4.90 Å². The number of hydrogen-bond acceptors (Lipinski definition) is 3. The van der Waals surface area contributed by atoms with Gasteiger partial charge >= 0.3 is 0 Å². The van der Waals surface area contributed by atoms with E-state index in [2.05, 4.69) is 33.7 Å². The Morgan fingerprint density at radius 3 is 2.94 bits per heavy atom. The van der Waals surface area contributed by atoms with E-state index in [4.69, 9.17) is 0 Å². The van der Waals surface area contributed by atoms with E-state index in [-0.39, 0.29) is 0 Å². The Kier molecular flexibility index (Phi) is 4.18. The Morgan fingerprint density at radius 2 is 2.35 bits per heavy atom. The molecule has 96 valence electrons. The van der Waals surface area contributed by atoms with Crippen molar-refractivity contribution in [3.8, 4) is 0 Å². The molecule has 0 spiro atoms. The molecule has 2 atom stereocenters. The first-order valence-electron chi connectivity index (χ1n) is 6.62. The molecule has 0 saturated carbocycles. The lowest BCUT2D eigenvalue weighted by Crippen LogP contribution is -2.31. The lowest BCUT2D eigenvalue weighted by atomic mass is 9.97. The summed E-state index contributed by atoms with van der Waals surface area (Å²) in [6, 6.07) is 0.537. The van der Waals surface area contributed by atoms with Crippen molar-refractivity contribution in [2.24, 2.45) is 13.0 Å². The Hall–Kier alpha value is -0.870. The lowest BCUT2D eigenvalue weighted by Gasteiger charge is -2.28. The zero-order valence-electron chi connectivity index (χ0n) is 11.2. The Balaban J connectivity index is 2.20. The third-order valence-electron chi connectivity index (χ3n) is 3.76. The van der Waals surface area contributed by atoms with Gasteiger partial charge in [0.25, 0.3) is 0 Å². The van der Waals surface area contributed by atoms with Crippen LogP contribution in [0, 0.1) is 5.92 Å². The zero-order valence-corrected chi connectivity index (χ0v) is 11.2. The second-order valence-electron chi connectivity index (χ2n) is 5.02. The van der Waals surface area contributed by atoms with Crippen LogP contribution in [0.5, 0.6) is 0 Å². The molecule has 2 rings (SSSR count). The van der Waals surface area contributed by atoms with Gasteiger partial charge in [0.15, 0.2) is 0 Å². The molecule has 17 heavy (non-hydrogen) atoms. The standard InChI is InChI=1S/C13H24N4/c1-4-6-17-7-5-11(8-14-2)13(17)12-9-15-10-16(12)3/h9-11,13-14H,4-8H2,1-3H3. The molecule has 1 aliphatic rings. The van der Waals surface area contributed by atoms with Crippen molar-refractivity contribution in [3.63, 3.8) is 0 Å². The van der Waals surface area contributed by atoms with Gasteiger partial charge in [0.1, 0.15) is 0 Å². The molecule has 0 aliphatic carbocycles. The van der Waals surface area contributed by atoms with Crippen LogP contribution in [0.15, 0.2) is 12.5 Å². The fourth-order valence-electron chi connectivity index (χ4n) is 3.02. The molecule has 4 heteroatoms. The minimum atomic E-state index is 0.537. The highest BCUT2D eigenvalue weighted by molar-refractivity contribution is 5.10. The molecule has 0 aromatic carbocycles. The monoisotopic (exact) mass is 236 g/mol. The van der Waals surface area contributed by atoms with E-state index in [0.29, 0.717) is 12.0 Å². The van der Waals surface area contributed by atoms with Crippen molar-refractivity contribution in [1.82, 2.24) is 19.8 Å². The van der Waals surface area contributed by atoms with Crippen LogP contribution in [-0.4, -0.2) is 41.1 Å². The van der Waals surface area contributed by atoms with E-state index in [0.717, 1.165) is 6.54 Å². The number of hydrogen-bond donors (Lipinski definition) is 1. The predicted molar refractivity (Wildman–Crippen MR) is 69.8 cm³/mol. The van der Waals surface area contributed by atoms with Crippen LogP contribution >= 0.6 is 0 Å². The third-order valence-corrected chi connectivity index (χ3v) is 3.76. The SMILES string of the molecule is CCCN1CCC(CNC)C1c1cncn1C. The summed E-state index contributed by atoms with van der Waals surface area (Å²) in [4.78, 5) is 6.88. The van der Waals surface area contributed by atoms with Crippen LogP contribution in [-0.2, 0) is 7.05 Å². The van der Waals surface area contributed by atoms with E-state index in [9.17, 15) is 0 Å². The smallest absolute Gasteiger partial charge is 0.0946 e. The summed E-state index contributed by atoms with van der Waals surface area (Å²) < 4.78 is 2.17. The molecule has 1 aliphatic heterocycles.